The van der Waals surface area contributed by atoms with Crippen LogP contribution in [-0.4, -0.2) is 49.6 Å². The lowest BCUT2D eigenvalue weighted by molar-refractivity contribution is -0.137. The molecule has 1 heterocycles. The van der Waals surface area contributed by atoms with Crippen molar-refractivity contribution in [2.75, 3.05) is 13.2 Å². The number of benzene rings is 5. The minimum absolute atomic E-state index is 0.128. The fourth-order valence-electron chi connectivity index (χ4n) is 7.54. The van der Waals surface area contributed by atoms with Crippen molar-refractivity contribution in [3.63, 3.8) is 0 Å². The molecule has 258 valence electrons. The van der Waals surface area contributed by atoms with E-state index in [0.717, 1.165) is 16.3 Å². The SMILES string of the molecule is CC(C)(C)[Si](OCCCC[C@H](C(=O)N1C(=O)OC[C@@H]1Cc1ccccc1)[C@H](O)c1cccc2ccccc12)(c1ccccc1)c1ccccc1. The van der Waals surface area contributed by atoms with Crippen LogP contribution in [0.25, 0.3) is 10.8 Å². The molecule has 1 aliphatic rings. The monoisotopic (exact) mass is 685 g/mol. The van der Waals surface area contributed by atoms with E-state index in [1.54, 1.807) is 0 Å². The van der Waals surface area contributed by atoms with E-state index in [2.05, 4.69) is 69.3 Å². The molecule has 6 nitrogen and oxygen atoms in total. The molecule has 0 aliphatic carbocycles. The number of unbranched alkanes of at least 4 members (excludes halogenated alkanes) is 1. The van der Waals surface area contributed by atoms with Gasteiger partial charge in [0.05, 0.1) is 18.1 Å². The van der Waals surface area contributed by atoms with Gasteiger partial charge in [0.15, 0.2) is 0 Å². The molecule has 5 aromatic rings. The molecule has 50 heavy (non-hydrogen) atoms. The summed E-state index contributed by atoms with van der Waals surface area (Å²) in [5, 5.41) is 16.2. The lowest BCUT2D eigenvalue weighted by Gasteiger charge is -2.43. The number of cyclic esters (lactones) is 1. The van der Waals surface area contributed by atoms with Crippen LogP contribution in [0.15, 0.2) is 133 Å². The van der Waals surface area contributed by atoms with E-state index in [9.17, 15) is 14.7 Å². The highest BCUT2D eigenvalue weighted by molar-refractivity contribution is 6.99. The highest BCUT2D eigenvalue weighted by Crippen LogP contribution is 2.38. The number of nitrogens with zero attached hydrogens (tertiary/aromatic N) is 1. The molecule has 1 saturated heterocycles. The molecule has 0 unspecified atom stereocenters. The second-order valence-electron chi connectivity index (χ2n) is 14.3. The number of carbonyl (C=O) groups is 2. The average Bonchev–Trinajstić information content (AvgIpc) is 3.50. The van der Waals surface area contributed by atoms with Crippen LogP contribution in [0, 0.1) is 5.92 Å². The second kappa shape index (κ2) is 15.5. The summed E-state index contributed by atoms with van der Waals surface area (Å²) in [6, 6.07) is 44.1. The van der Waals surface area contributed by atoms with Crippen LogP contribution in [0.1, 0.15) is 57.3 Å². The Morgan fingerprint density at radius 1 is 0.820 bits per heavy atom. The van der Waals surface area contributed by atoms with Crippen LogP contribution in [0.2, 0.25) is 5.04 Å². The van der Waals surface area contributed by atoms with Crippen molar-refractivity contribution in [1.82, 2.24) is 4.90 Å². The van der Waals surface area contributed by atoms with Crippen LogP contribution < -0.4 is 10.4 Å². The van der Waals surface area contributed by atoms with Gasteiger partial charge in [-0.15, -0.1) is 0 Å². The summed E-state index contributed by atoms with van der Waals surface area (Å²) >= 11 is 0. The quantitative estimate of drug-likeness (QED) is 0.101. The Labute approximate surface area is 296 Å². The zero-order valence-electron chi connectivity index (χ0n) is 29.2. The molecule has 5 aromatic carbocycles. The first-order chi connectivity index (χ1) is 24.2. The Balaban J connectivity index is 1.25. The van der Waals surface area contributed by atoms with Gasteiger partial charge in [-0.3, -0.25) is 4.79 Å². The molecule has 1 aliphatic heterocycles. The third-order valence-electron chi connectivity index (χ3n) is 10.00. The highest BCUT2D eigenvalue weighted by atomic mass is 28.4. The van der Waals surface area contributed by atoms with Gasteiger partial charge in [0, 0.05) is 6.61 Å². The number of hydrogen-bond acceptors (Lipinski definition) is 5. The topological polar surface area (TPSA) is 76.1 Å². The third kappa shape index (κ3) is 7.31. The molecule has 1 N–H and O–H groups in total. The summed E-state index contributed by atoms with van der Waals surface area (Å²) in [6.45, 7) is 7.41. The normalized spacial score (nSPS) is 16.3. The molecule has 1 fully saturated rings. The van der Waals surface area contributed by atoms with Crippen molar-refractivity contribution in [3.8, 4) is 0 Å². The summed E-state index contributed by atoms with van der Waals surface area (Å²) in [5.41, 5.74) is 1.69. The summed E-state index contributed by atoms with van der Waals surface area (Å²) in [4.78, 5) is 28.9. The average molecular weight is 686 g/mol. The zero-order chi connectivity index (χ0) is 35.1. The fourth-order valence-corrected chi connectivity index (χ4v) is 12.1. The summed E-state index contributed by atoms with van der Waals surface area (Å²) < 4.78 is 12.6. The van der Waals surface area contributed by atoms with Crippen molar-refractivity contribution in [3.05, 3.63) is 145 Å². The number of fused-ring (bicyclic) bond motifs is 1. The largest absolute Gasteiger partial charge is 0.447 e. The van der Waals surface area contributed by atoms with E-state index in [0.29, 0.717) is 37.9 Å². The fraction of sp³-hybridized carbons (Fsp3) is 0.302. The van der Waals surface area contributed by atoms with Crippen molar-refractivity contribution < 1.29 is 23.9 Å². The standard InChI is InChI=1S/C43H47NO5Si/c1-43(2,3)50(35-22-9-5-10-23-35,36-24-11-6-12-25-36)49-29-16-15-27-39(40(45)38-28-17-21-33-20-13-14-26-37(33)38)41(46)44-34(31-48-42(44)47)30-32-18-7-4-8-19-32/h4-14,17-26,28,34,39-40,45H,15-16,27,29-31H2,1-3H3/t34-,39-,40+/m0/s1. The number of ether oxygens (including phenoxy) is 1. The van der Waals surface area contributed by atoms with Gasteiger partial charge in [0.1, 0.15) is 6.61 Å². The van der Waals surface area contributed by atoms with Crippen LogP contribution >= 0.6 is 0 Å². The lowest BCUT2D eigenvalue weighted by atomic mass is 9.87. The summed E-state index contributed by atoms with van der Waals surface area (Å²) in [5.74, 6) is -1.25. The predicted octanol–water partition coefficient (Wildman–Crippen LogP) is 7.83. The van der Waals surface area contributed by atoms with Gasteiger partial charge in [-0.1, -0.05) is 161 Å². The van der Waals surface area contributed by atoms with Gasteiger partial charge in [0.2, 0.25) is 5.91 Å². The molecule has 2 amide bonds. The molecule has 0 aromatic heterocycles. The number of rotatable bonds is 13. The van der Waals surface area contributed by atoms with E-state index >= 15 is 0 Å². The highest BCUT2D eigenvalue weighted by Gasteiger charge is 2.50. The van der Waals surface area contributed by atoms with Crippen molar-refractivity contribution in [1.29, 1.82) is 0 Å². The number of carbonyl (C=O) groups excluding carboxylic acids is 2. The number of hydrogen-bond donors (Lipinski definition) is 1. The summed E-state index contributed by atoms with van der Waals surface area (Å²) in [7, 11) is -2.72. The van der Waals surface area contributed by atoms with Crippen LogP contribution in [0.4, 0.5) is 4.79 Å². The van der Waals surface area contributed by atoms with Crippen molar-refractivity contribution >= 4 is 41.5 Å². The lowest BCUT2D eigenvalue weighted by Crippen LogP contribution is -2.66. The minimum atomic E-state index is -2.72. The van der Waals surface area contributed by atoms with E-state index < -0.39 is 38.4 Å². The number of aliphatic hydroxyl groups excluding tert-OH is 1. The Hall–Kier alpha value is -4.56. The smallest absolute Gasteiger partial charge is 0.416 e. The molecular formula is C43H47NO5Si. The van der Waals surface area contributed by atoms with Gasteiger partial charge >= 0.3 is 6.09 Å². The molecule has 7 heteroatoms. The maximum absolute atomic E-state index is 14.5. The van der Waals surface area contributed by atoms with Gasteiger partial charge in [-0.25, -0.2) is 9.69 Å². The van der Waals surface area contributed by atoms with E-state index in [4.69, 9.17) is 9.16 Å². The molecule has 6 rings (SSSR count). The number of amides is 2. The first-order valence-corrected chi connectivity index (χ1v) is 19.6. The maximum Gasteiger partial charge on any atom is 0.416 e. The van der Waals surface area contributed by atoms with Crippen LogP contribution in [0.3, 0.4) is 0 Å². The molecule has 3 atom stereocenters. The van der Waals surface area contributed by atoms with Crippen LogP contribution in [0.5, 0.6) is 0 Å². The maximum atomic E-state index is 14.5. The van der Waals surface area contributed by atoms with E-state index in [1.165, 1.54) is 15.3 Å². The van der Waals surface area contributed by atoms with E-state index in [1.807, 2.05) is 84.9 Å². The number of aliphatic hydroxyl groups is 1. The van der Waals surface area contributed by atoms with E-state index in [-0.39, 0.29) is 11.6 Å². The molecule has 0 radical (unpaired) electrons. The Morgan fingerprint density at radius 2 is 1.40 bits per heavy atom. The molecular weight excluding hydrogens is 639 g/mol. The van der Waals surface area contributed by atoms with Gasteiger partial charge in [0.25, 0.3) is 8.32 Å². The van der Waals surface area contributed by atoms with Crippen molar-refractivity contribution in [2.24, 2.45) is 5.92 Å². The molecule has 0 saturated carbocycles. The van der Waals surface area contributed by atoms with Gasteiger partial charge in [-0.2, -0.15) is 0 Å². The Morgan fingerprint density at radius 3 is 2.04 bits per heavy atom. The minimum Gasteiger partial charge on any atom is -0.447 e. The summed E-state index contributed by atoms with van der Waals surface area (Å²) in [6.07, 6.45) is 0.423. The predicted molar refractivity (Wildman–Crippen MR) is 202 cm³/mol. The Kier molecular flexibility index (Phi) is 11.0. The first kappa shape index (κ1) is 35.3. The van der Waals surface area contributed by atoms with Gasteiger partial charge < -0.3 is 14.3 Å². The van der Waals surface area contributed by atoms with Crippen molar-refractivity contribution in [2.45, 2.75) is 63.6 Å². The Bertz CT molecular complexity index is 1830. The second-order valence-corrected chi connectivity index (χ2v) is 18.6. The number of imide groups is 1. The first-order valence-electron chi connectivity index (χ1n) is 17.6. The van der Waals surface area contributed by atoms with Crippen LogP contribution in [-0.2, 0) is 20.4 Å². The molecule has 0 spiro atoms. The van der Waals surface area contributed by atoms with Gasteiger partial charge in [-0.05, 0) is 56.6 Å². The molecule has 0 bridgehead atoms. The third-order valence-corrected chi connectivity index (χ3v) is 15.0. The zero-order valence-corrected chi connectivity index (χ0v) is 30.2.